The predicted molar refractivity (Wildman–Crippen MR) is 163 cm³/mol. The van der Waals surface area contributed by atoms with Crippen LogP contribution in [0.2, 0.25) is 5.02 Å². The van der Waals surface area contributed by atoms with Crippen molar-refractivity contribution >= 4 is 47.0 Å². The van der Waals surface area contributed by atoms with E-state index in [1.165, 1.54) is 29.1 Å². The molecule has 3 aromatic heterocycles. The molecule has 20 heteroatoms. The maximum atomic E-state index is 13.7. The van der Waals surface area contributed by atoms with Gasteiger partial charge in [-0.15, -0.1) is 0 Å². The topological polar surface area (TPSA) is 176 Å². The van der Waals surface area contributed by atoms with Crippen LogP contribution in [0, 0.1) is 0 Å². The fraction of sp³-hybridized carbons (Fsp3) is 0.357. The van der Waals surface area contributed by atoms with Crippen LogP contribution < -0.4 is 16.4 Å². The number of piperazine rings is 1. The highest BCUT2D eigenvalue weighted by molar-refractivity contribution is 6.34. The monoisotopic (exact) mass is 700 g/mol. The van der Waals surface area contributed by atoms with Crippen molar-refractivity contribution in [1.82, 2.24) is 39.3 Å². The zero-order chi connectivity index (χ0) is 35.0. The van der Waals surface area contributed by atoms with Crippen LogP contribution in [0.1, 0.15) is 16.1 Å². The third-order valence-corrected chi connectivity index (χ3v) is 7.33. The first kappa shape index (κ1) is 36.0. The highest BCUT2D eigenvalue weighted by Gasteiger charge is 2.38. The number of imidazole rings is 1. The van der Waals surface area contributed by atoms with Gasteiger partial charge < -0.3 is 26.4 Å². The number of fused-ring (bicyclic) bond motifs is 1. The number of amides is 2. The van der Waals surface area contributed by atoms with E-state index in [4.69, 9.17) is 27.2 Å². The Morgan fingerprint density at radius 3 is 2.48 bits per heavy atom. The number of carboxylic acid groups (broad SMARTS) is 1. The fourth-order valence-corrected chi connectivity index (χ4v) is 5.17. The Hall–Kier alpha value is -4.88. The summed E-state index contributed by atoms with van der Waals surface area (Å²) in [7, 11) is 0. The molecular formula is C28H30ClF5N10O4. The minimum Gasteiger partial charge on any atom is -0.483 e. The Morgan fingerprint density at radius 2 is 1.85 bits per heavy atom. The minimum atomic E-state index is -4.90. The van der Waals surface area contributed by atoms with Crippen LogP contribution in [0.15, 0.2) is 43.0 Å². The molecule has 258 valence electrons. The van der Waals surface area contributed by atoms with E-state index in [0.717, 1.165) is 6.20 Å². The standard InChI is InChI=1S/C27H28ClF5N10O2.CH2O2/c28-19-11-16(1-2-17(19)26(45)41-9-7-40(8-10-41)15-22(44)35-4-3-34)38-24-25-37-12-20(43(25)6-5-36-24)18-13-42(14-21(29)30)39-23(18)27(31,32)33;2-1-3/h1-2,5-6,11-13,21H,3-4,7-10,14-15,34H2,(H,35,44)(H,36,38);1H,(H,2,3). The SMILES string of the molecule is NCCNC(=O)CN1CCN(C(=O)c2ccc(Nc3nccn4c(-c5cn(CC(F)F)nc5C(F)(F)F)cnc34)cc2Cl)CC1.O=CO. The maximum Gasteiger partial charge on any atom is 0.435 e. The minimum absolute atomic E-state index is 0.0291. The van der Waals surface area contributed by atoms with Crippen LogP contribution in [-0.4, -0.2) is 110 Å². The van der Waals surface area contributed by atoms with E-state index in [1.807, 2.05) is 4.90 Å². The van der Waals surface area contributed by atoms with Gasteiger partial charge in [0.25, 0.3) is 18.8 Å². The van der Waals surface area contributed by atoms with E-state index in [-0.39, 0.29) is 52.6 Å². The molecule has 4 aromatic rings. The summed E-state index contributed by atoms with van der Waals surface area (Å²) in [4.78, 5) is 45.5. The van der Waals surface area contributed by atoms with Crippen molar-refractivity contribution in [2.45, 2.75) is 19.1 Å². The van der Waals surface area contributed by atoms with Gasteiger partial charge in [0.05, 0.1) is 34.6 Å². The third-order valence-electron chi connectivity index (χ3n) is 7.01. The summed E-state index contributed by atoms with van der Waals surface area (Å²) in [6.45, 7) is 1.56. The van der Waals surface area contributed by atoms with Crippen molar-refractivity contribution in [2.24, 2.45) is 5.73 Å². The van der Waals surface area contributed by atoms with E-state index in [1.54, 1.807) is 17.0 Å². The average Bonchev–Trinajstić information content (AvgIpc) is 3.65. The molecule has 1 aliphatic rings. The molecule has 0 aliphatic carbocycles. The van der Waals surface area contributed by atoms with Crippen molar-refractivity contribution in [3.05, 3.63) is 59.3 Å². The molecule has 1 saturated heterocycles. The number of nitrogens with zero attached hydrogens (tertiary/aromatic N) is 7. The van der Waals surface area contributed by atoms with E-state index in [9.17, 15) is 31.5 Å². The van der Waals surface area contributed by atoms with Crippen molar-refractivity contribution in [3.8, 4) is 11.3 Å². The summed E-state index contributed by atoms with van der Waals surface area (Å²) in [6.07, 6.45) is -3.01. The molecule has 1 aliphatic heterocycles. The summed E-state index contributed by atoms with van der Waals surface area (Å²) in [5.74, 6) is -0.237. The molecule has 4 heterocycles. The van der Waals surface area contributed by atoms with Crippen LogP contribution in [0.3, 0.4) is 0 Å². The van der Waals surface area contributed by atoms with Crippen LogP contribution in [-0.2, 0) is 22.3 Å². The number of hydrogen-bond donors (Lipinski definition) is 4. The number of aromatic nitrogens is 5. The Labute approximate surface area is 274 Å². The highest BCUT2D eigenvalue weighted by Crippen LogP contribution is 2.37. The first-order chi connectivity index (χ1) is 22.9. The molecule has 0 atom stereocenters. The lowest BCUT2D eigenvalue weighted by atomic mass is 10.1. The van der Waals surface area contributed by atoms with Gasteiger partial charge in [0.1, 0.15) is 6.54 Å². The number of benzene rings is 1. The Morgan fingerprint density at radius 1 is 1.15 bits per heavy atom. The molecule has 1 aromatic carbocycles. The second kappa shape index (κ2) is 15.8. The Bertz CT molecular complexity index is 1740. The van der Waals surface area contributed by atoms with Gasteiger partial charge in [0.15, 0.2) is 17.2 Å². The molecule has 1 fully saturated rings. The van der Waals surface area contributed by atoms with Gasteiger partial charge in [-0.05, 0) is 18.2 Å². The van der Waals surface area contributed by atoms with Gasteiger partial charge in [-0.2, -0.15) is 18.3 Å². The molecule has 0 spiro atoms. The smallest absolute Gasteiger partial charge is 0.435 e. The van der Waals surface area contributed by atoms with Gasteiger partial charge in [0.2, 0.25) is 5.91 Å². The molecule has 0 radical (unpaired) electrons. The maximum absolute atomic E-state index is 13.7. The zero-order valence-corrected chi connectivity index (χ0v) is 25.8. The van der Waals surface area contributed by atoms with E-state index in [2.05, 4.69) is 25.7 Å². The fourth-order valence-electron chi connectivity index (χ4n) is 4.91. The summed E-state index contributed by atoms with van der Waals surface area (Å²) < 4.78 is 68.8. The lowest BCUT2D eigenvalue weighted by Crippen LogP contribution is -2.51. The van der Waals surface area contributed by atoms with Crippen molar-refractivity contribution in [3.63, 3.8) is 0 Å². The van der Waals surface area contributed by atoms with E-state index < -0.39 is 30.4 Å². The molecular weight excluding hydrogens is 671 g/mol. The Balaban J connectivity index is 0.00000167. The predicted octanol–water partition coefficient (Wildman–Crippen LogP) is 2.81. The second-order valence-electron chi connectivity index (χ2n) is 10.2. The number of carbonyl (C=O) groups excluding carboxylic acids is 2. The van der Waals surface area contributed by atoms with E-state index in [0.29, 0.717) is 49.6 Å². The number of carbonyl (C=O) groups is 3. The van der Waals surface area contributed by atoms with Crippen LogP contribution in [0.5, 0.6) is 0 Å². The van der Waals surface area contributed by atoms with Gasteiger partial charge in [-0.25, -0.2) is 18.7 Å². The normalized spacial score (nSPS) is 13.7. The summed E-state index contributed by atoms with van der Waals surface area (Å²) in [5.41, 5.74) is 4.47. The van der Waals surface area contributed by atoms with Crippen molar-refractivity contribution in [2.75, 3.05) is 51.1 Å². The zero-order valence-electron chi connectivity index (χ0n) is 25.0. The largest absolute Gasteiger partial charge is 0.483 e. The van der Waals surface area contributed by atoms with Gasteiger partial charge in [-0.3, -0.25) is 28.4 Å². The summed E-state index contributed by atoms with van der Waals surface area (Å²) >= 11 is 6.49. The highest BCUT2D eigenvalue weighted by atomic mass is 35.5. The van der Waals surface area contributed by atoms with Crippen molar-refractivity contribution < 1.29 is 41.4 Å². The van der Waals surface area contributed by atoms with Gasteiger partial charge in [-0.1, -0.05) is 11.6 Å². The van der Waals surface area contributed by atoms with Gasteiger partial charge in [0, 0.05) is 63.5 Å². The van der Waals surface area contributed by atoms with Crippen LogP contribution in [0.4, 0.5) is 33.5 Å². The molecule has 48 heavy (non-hydrogen) atoms. The molecule has 0 unspecified atom stereocenters. The molecule has 0 saturated carbocycles. The number of alkyl halides is 5. The number of halogens is 6. The molecule has 5 rings (SSSR count). The quantitative estimate of drug-likeness (QED) is 0.142. The van der Waals surface area contributed by atoms with Crippen molar-refractivity contribution in [1.29, 1.82) is 0 Å². The molecule has 14 nitrogen and oxygen atoms in total. The lowest BCUT2D eigenvalue weighted by molar-refractivity contribution is -0.141. The third kappa shape index (κ3) is 8.72. The number of rotatable bonds is 10. The Kier molecular flexibility index (Phi) is 11.8. The average molecular weight is 701 g/mol. The number of anilines is 2. The van der Waals surface area contributed by atoms with Gasteiger partial charge >= 0.3 is 6.18 Å². The van der Waals surface area contributed by atoms with E-state index >= 15 is 0 Å². The molecule has 0 bridgehead atoms. The first-order valence-electron chi connectivity index (χ1n) is 14.2. The lowest BCUT2D eigenvalue weighted by Gasteiger charge is -2.34. The number of hydrogen-bond acceptors (Lipinski definition) is 9. The molecule has 5 N–H and O–H groups in total. The summed E-state index contributed by atoms with van der Waals surface area (Å²) in [6, 6.07) is 4.66. The second-order valence-corrected chi connectivity index (χ2v) is 10.7. The summed E-state index contributed by atoms with van der Waals surface area (Å²) in [5, 5.41) is 16.1. The van der Waals surface area contributed by atoms with Crippen LogP contribution in [0.25, 0.3) is 16.9 Å². The molecule has 2 amide bonds. The number of nitrogens with two attached hydrogens (primary N) is 1. The van der Waals surface area contributed by atoms with Crippen LogP contribution >= 0.6 is 11.6 Å². The first-order valence-corrected chi connectivity index (χ1v) is 14.6. The number of nitrogens with one attached hydrogen (secondary N) is 2.